The quantitative estimate of drug-likeness (QED) is 0.389. The van der Waals surface area contributed by atoms with Crippen molar-refractivity contribution >= 4 is 18.4 Å². The van der Waals surface area contributed by atoms with E-state index in [0.29, 0.717) is 6.42 Å². The number of alkyl halides is 3. The van der Waals surface area contributed by atoms with Crippen molar-refractivity contribution in [2.45, 2.75) is 77.2 Å². The smallest absolute Gasteiger partial charge is 0.413 e. The predicted molar refractivity (Wildman–Crippen MR) is 89.2 cm³/mol. The van der Waals surface area contributed by atoms with Crippen LogP contribution < -0.4 is 0 Å². The minimum atomic E-state index is -5.64. The van der Waals surface area contributed by atoms with Gasteiger partial charge in [0.25, 0.3) is 0 Å². The van der Waals surface area contributed by atoms with Crippen LogP contribution in [0.2, 0.25) is 18.1 Å². The number of hydrogen-bond donors (Lipinski definition) is 0. The van der Waals surface area contributed by atoms with E-state index < -0.39 is 30.0 Å². The van der Waals surface area contributed by atoms with Crippen molar-refractivity contribution in [1.29, 1.82) is 0 Å². The number of hydrogen-bond acceptors (Lipinski definition) is 4. The normalized spacial score (nSPS) is 22.9. The molecule has 142 valence electrons. The maximum absolute atomic E-state index is 12.5. The van der Waals surface area contributed by atoms with Crippen molar-refractivity contribution in [3.8, 4) is 0 Å². The zero-order valence-corrected chi connectivity index (χ0v) is 17.1. The van der Waals surface area contributed by atoms with E-state index in [1.807, 2.05) is 26.9 Å². The Morgan fingerprint density at radius 3 is 2.12 bits per heavy atom. The van der Waals surface area contributed by atoms with Crippen molar-refractivity contribution in [3.05, 3.63) is 11.8 Å². The Bertz CT molecular complexity index is 601. The van der Waals surface area contributed by atoms with Gasteiger partial charge in [-0.2, -0.15) is 21.6 Å². The first kappa shape index (κ1) is 21.5. The molecule has 9 heteroatoms. The summed E-state index contributed by atoms with van der Waals surface area (Å²) in [7, 11) is -7.80. The van der Waals surface area contributed by atoms with E-state index in [2.05, 4.69) is 25.0 Å². The molecule has 0 spiro atoms. The molecule has 0 aliphatic heterocycles. The van der Waals surface area contributed by atoms with Gasteiger partial charge in [0.05, 0.1) is 6.10 Å². The Morgan fingerprint density at radius 2 is 1.71 bits per heavy atom. The predicted octanol–water partition coefficient (Wildman–Crippen LogP) is 4.95. The monoisotopic (exact) mass is 388 g/mol. The Hall–Kier alpha value is -0.543. The molecule has 0 bridgehead atoms. The fraction of sp³-hybridized carbons (Fsp3) is 0.867. The molecular weight excluding hydrogens is 361 g/mol. The lowest BCUT2D eigenvalue weighted by atomic mass is 9.78. The molecule has 1 atom stereocenters. The van der Waals surface area contributed by atoms with E-state index in [0.717, 1.165) is 0 Å². The Balaban J connectivity index is 3.01. The second kappa shape index (κ2) is 6.32. The molecule has 0 fully saturated rings. The van der Waals surface area contributed by atoms with Gasteiger partial charge in [-0.3, -0.25) is 0 Å². The van der Waals surface area contributed by atoms with Crippen molar-refractivity contribution < 1.29 is 30.2 Å². The highest BCUT2D eigenvalue weighted by molar-refractivity contribution is 7.87. The second-order valence-corrected chi connectivity index (χ2v) is 14.7. The molecule has 0 radical (unpaired) electrons. The molecule has 1 aliphatic carbocycles. The van der Waals surface area contributed by atoms with Crippen molar-refractivity contribution in [1.82, 2.24) is 0 Å². The average molecular weight is 389 g/mol. The third kappa shape index (κ3) is 4.75. The van der Waals surface area contributed by atoms with Crippen LogP contribution >= 0.6 is 0 Å². The number of allylic oxidation sites excluding steroid dienone is 1. The van der Waals surface area contributed by atoms with Crippen molar-refractivity contribution in [2.24, 2.45) is 5.41 Å². The van der Waals surface area contributed by atoms with Crippen molar-refractivity contribution in [2.75, 3.05) is 0 Å². The first-order valence-electron chi connectivity index (χ1n) is 7.77. The summed E-state index contributed by atoms with van der Waals surface area (Å²) in [5.74, 6) is -0.199. The van der Waals surface area contributed by atoms with E-state index in [4.69, 9.17) is 4.43 Å². The van der Waals surface area contributed by atoms with Crippen LogP contribution in [0.1, 0.15) is 47.5 Å². The minimum absolute atomic E-state index is 0.00875. The molecule has 0 heterocycles. The minimum Gasteiger partial charge on any atom is -0.413 e. The molecule has 24 heavy (non-hydrogen) atoms. The maximum atomic E-state index is 12.5. The van der Waals surface area contributed by atoms with Gasteiger partial charge in [0.2, 0.25) is 0 Å². The topological polar surface area (TPSA) is 52.6 Å². The Labute approximate surface area is 143 Å². The van der Waals surface area contributed by atoms with Crippen LogP contribution in [0.4, 0.5) is 13.2 Å². The van der Waals surface area contributed by atoms with Crippen LogP contribution in [0.3, 0.4) is 0 Å². The number of rotatable bonds is 4. The van der Waals surface area contributed by atoms with Crippen LogP contribution in [-0.2, 0) is 18.7 Å². The summed E-state index contributed by atoms with van der Waals surface area (Å²) in [5.41, 5.74) is -5.75. The fourth-order valence-corrected chi connectivity index (χ4v) is 4.02. The lowest BCUT2D eigenvalue weighted by molar-refractivity contribution is -0.0532. The van der Waals surface area contributed by atoms with Gasteiger partial charge in [-0.15, -0.1) is 0 Å². The SMILES string of the molecule is CC1(C)CC=C(OS(=O)(=O)C(F)(F)F)CC1O[Si](C)(C)C(C)(C)C. The summed E-state index contributed by atoms with van der Waals surface area (Å²) in [4.78, 5) is 0. The summed E-state index contributed by atoms with van der Waals surface area (Å²) in [6, 6.07) is 0. The van der Waals surface area contributed by atoms with E-state index >= 15 is 0 Å². The summed E-state index contributed by atoms with van der Waals surface area (Å²) < 4.78 is 70.6. The van der Waals surface area contributed by atoms with Gasteiger partial charge in [-0.25, -0.2) is 0 Å². The molecule has 1 unspecified atom stereocenters. The highest BCUT2D eigenvalue weighted by Crippen LogP contribution is 2.44. The van der Waals surface area contributed by atoms with E-state index in [1.165, 1.54) is 6.08 Å². The molecule has 0 saturated carbocycles. The lowest BCUT2D eigenvalue weighted by Crippen LogP contribution is -2.49. The zero-order chi connectivity index (χ0) is 19.2. The first-order valence-corrected chi connectivity index (χ1v) is 12.1. The lowest BCUT2D eigenvalue weighted by Gasteiger charge is -2.45. The highest BCUT2D eigenvalue weighted by Gasteiger charge is 2.50. The largest absolute Gasteiger partial charge is 0.534 e. The van der Waals surface area contributed by atoms with Gasteiger partial charge >= 0.3 is 15.6 Å². The van der Waals surface area contributed by atoms with Gasteiger partial charge in [-0.05, 0) is 36.0 Å². The van der Waals surface area contributed by atoms with Crippen LogP contribution in [0.25, 0.3) is 0 Å². The molecule has 0 amide bonds. The maximum Gasteiger partial charge on any atom is 0.534 e. The third-order valence-electron chi connectivity index (χ3n) is 4.86. The first-order chi connectivity index (χ1) is 10.4. The van der Waals surface area contributed by atoms with Crippen molar-refractivity contribution in [3.63, 3.8) is 0 Å². The summed E-state index contributed by atoms with van der Waals surface area (Å²) in [6.07, 6.45) is 1.40. The molecule has 1 rings (SSSR count). The fourth-order valence-electron chi connectivity index (χ4n) is 2.04. The Kier molecular flexibility index (Phi) is 5.66. The molecule has 0 saturated heterocycles. The van der Waals surface area contributed by atoms with Gasteiger partial charge in [0, 0.05) is 6.42 Å². The molecule has 0 aromatic carbocycles. The summed E-state index contributed by atoms with van der Waals surface area (Å²) in [6.45, 7) is 14.2. The summed E-state index contributed by atoms with van der Waals surface area (Å²) in [5, 5.41) is -0.0662. The van der Waals surface area contributed by atoms with Crippen LogP contribution in [0.5, 0.6) is 0 Å². The van der Waals surface area contributed by atoms with Gasteiger partial charge in [0.1, 0.15) is 5.76 Å². The Morgan fingerprint density at radius 1 is 1.21 bits per heavy atom. The van der Waals surface area contributed by atoms with Gasteiger partial charge in [-0.1, -0.05) is 34.6 Å². The van der Waals surface area contributed by atoms with Gasteiger partial charge in [0.15, 0.2) is 8.32 Å². The molecule has 4 nitrogen and oxygen atoms in total. The van der Waals surface area contributed by atoms with Gasteiger partial charge < -0.3 is 8.61 Å². The number of halogens is 3. The summed E-state index contributed by atoms with van der Waals surface area (Å²) >= 11 is 0. The van der Waals surface area contributed by atoms with Crippen LogP contribution in [0, 0.1) is 5.41 Å². The van der Waals surface area contributed by atoms with E-state index in [9.17, 15) is 21.6 Å². The average Bonchev–Trinajstić information content (AvgIpc) is 2.30. The van der Waals surface area contributed by atoms with E-state index in [1.54, 1.807) is 0 Å². The van der Waals surface area contributed by atoms with Crippen LogP contribution in [-0.4, -0.2) is 28.3 Å². The molecular formula is C15H27F3O4SSi. The van der Waals surface area contributed by atoms with Crippen LogP contribution in [0.15, 0.2) is 11.8 Å². The molecule has 0 aromatic heterocycles. The second-order valence-electron chi connectivity index (χ2n) is 8.42. The standard InChI is InChI=1S/C15H27F3O4SSi/c1-13(2,3)24(6,7)22-12-10-11(8-9-14(12,4)5)21-23(19,20)15(16,17)18/h8,12H,9-10H2,1-7H3. The van der Waals surface area contributed by atoms with E-state index in [-0.39, 0.29) is 22.6 Å². The molecule has 1 aliphatic rings. The molecule has 0 aromatic rings. The highest BCUT2D eigenvalue weighted by atomic mass is 32.2. The zero-order valence-electron chi connectivity index (χ0n) is 15.2. The third-order valence-corrected chi connectivity index (χ3v) is 10.3. The molecule has 0 N–H and O–H groups in total.